The minimum absolute atomic E-state index is 0.143. The van der Waals surface area contributed by atoms with Crippen molar-refractivity contribution in [2.24, 2.45) is 0 Å². The predicted molar refractivity (Wildman–Crippen MR) is 99.7 cm³/mol. The number of anilines is 2. The molecule has 0 bridgehead atoms. The van der Waals surface area contributed by atoms with Crippen LogP contribution in [0.5, 0.6) is 0 Å². The van der Waals surface area contributed by atoms with Gasteiger partial charge in [-0.2, -0.15) is 0 Å². The monoisotopic (exact) mass is 375 g/mol. The van der Waals surface area contributed by atoms with Gasteiger partial charge in [-0.15, -0.1) is 11.8 Å². The first kappa shape index (κ1) is 17.4. The topological polar surface area (TPSA) is 71.1 Å². The quantitative estimate of drug-likeness (QED) is 0.658. The summed E-state index contributed by atoms with van der Waals surface area (Å²) >= 11 is 2.66. The van der Waals surface area contributed by atoms with Crippen LogP contribution < -0.4 is 10.6 Å². The largest absolute Gasteiger partial charge is 0.326 e. The van der Waals surface area contributed by atoms with Gasteiger partial charge in [-0.25, -0.2) is 9.37 Å². The number of amides is 2. The van der Waals surface area contributed by atoms with Crippen molar-refractivity contribution in [1.82, 2.24) is 4.98 Å². The van der Waals surface area contributed by atoms with Crippen LogP contribution in [0, 0.1) is 5.82 Å². The van der Waals surface area contributed by atoms with E-state index in [-0.39, 0.29) is 23.4 Å². The third-order valence-electron chi connectivity index (χ3n) is 3.14. The molecule has 2 N–H and O–H groups in total. The summed E-state index contributed by atoms with van der Waals surface area (Å²) in [6.45, 7) is 1.45. The van der Waals surface area contributed by atoms with E-state index in [1.54, 1.807) is 24.3 Å². The number of halogens is 1. The maximum absolute atomic E-state index is 12.9. The molecule has 3 aromatic rings. The van der Waals surface area contributed by atoms with Gasteiger partial charge in [0, 0.05) is 17.5 Å². The lowest BCUT2D eigenvalue weighted by Crippen LogP contribution is -2.13. The molecule has 0 saturated heterocycles. The van der Waals surface area contributed by atoms with E-state index in [0.717, 1.165) is 15.1 Å². The van der Waals surface area contributed by atoms with Crippen LogP contribution in [0.15, 0.2) is 47.4 Å². The van der Waals surface area contributed by atoms with E-state index in [1.807, 2.05) is 6.07 Å². The molecule has 0 spiro atoms. The average Bonchev–Trinajstić information content (AvgIpc) is 2.95. The van der Waals surface area contributed by atoms with Crippen molar-refractivity contribution in [1.29, 1.82) is 0 Å². The summed E-state index contributed by atoms with van der Waals surface area (Å²) in [4.78, 5) is 28.3. The summed E-state index contributed by atoms with van der Waals surface area (Å²) in [6, 6.07) is 11.4. The van der Waals surface area contributed by atoms with Crippen molar-refractivity contribution in [2.45, 2.75) is 11.8 Å². The maximum atomic E-state index is 12.9. The van der Waals surface area contributed by atoms with Gasteiger partial charge in [0.2, 0.25) is 11.8 Å². The number of benzene rings is 2. The van der Waals surface area contributed by atoms with E-state index in [4.69, 9.17) is 0 Å². The Balaban J connectivity index is 1.62. The fraction of sp³-hybridized carbons (Fsp3) is 0.118. The molecule has 3 rings (SSSR count). The molecular formula is C17H14FN3O2S2. The minimum atomic E-state index is -0.304. The predicted octanol–water partition coefficient (Wildman–Crippen LogP) is 4.12. The molecule has 0 atom stereocenters. The van der Waals surface area contributed by atoms with Crippen LogP contribution in [0.4, 0.5) is 15.2 Å². The van der Waals surface area contributed by atoms with Crippen molar-refractivity contribution in [3.05, 3.63) is 48.3 Å². The molecule has 0 radical (unpaired) electrons. The number of aromatic nitrogens is 1. The van der Waals surface area contributed by atoms with Gasteiger partial charge in [-0.1, -0.05) is 11.3 Å². The van der Waals surface area contributed by atoms with Crippen molar-refractivity contribution in [3.63, 3.8) is 0 Å². The number of fused-ring (bicyclic) bond motifs is 1. The van der Waals surface area contributed by atoms with Gasteiger partial charge in [0.05, 0.1) is 16.0 Å². The second-order valence-corrected chi connectivity index (χ2v) is 7.25. The third-order valence-corrected chi connectivity index (χ3v) is 5.08. The van der Waals surface area contributed by atoms with E-state index < -0.39 is 0 Å². The molecule has 5 nitrogen and oxygen atoms in total. The Morgan fingerprint density at radius 1 is 1.16 bits per heavy atom. The highest BCUT2D eigenvalue weighted by molar-refractivity contribution is 8.00. The zero-order valence-electron chi connectivity index (χ0n) is 13.2. The number of carbonyl (C=O) groups excluding carboxylic acids is 2. The third kappa shape index (κ3) is 4.77. The van der Waals surface area contributed by atoms with Gasteiger partial charge in [0.25, 0.3) is 0 Å². The van der Waals surface area contributed by atoms with Crippen LogP contribution in [-0.4, -0.2) is 22.6 Å². The van der Waals surface area contributed by atoms with E-state index in [2.05, 4.69) is 15.6 Å². The Kier molecular flexibility index (Phi) is 5.30. The summed E-state index contributed by atoms with van der Waals surface area (Å²) < 4.78 is 13.7. The number of thiazole rings is 1. The molecule has 2 amide bonds. The van der Waals surface area contributed by atoms with E-state index in [9.17, 15) is 14.0 Å². The molecular weight excluding hydrogens is 361 g/mol. The normalized spacial score (nSPS) is 10.6. The van der Waals surface area contributed by atoms with Gasteiger partial charge in [0.15, 0.2) is 5.13 Å². The first-order valence-corrected chi connectivity index (χ1v) is 9.16. The lowest BCUT2D eigenvalue weighted by molar-refractivity contribution is -0.114. The number of nitrogens with one attached hydrogen (secondary N) is 2. The van der Waals surface area contributed by atoms with Crippen LogP contribution in [0.2, 0.25) is 0 Å². The average molecular weight is 375 g/mol. The molecule has 0 aliphatic rings. The Labute approximate surface area is 151 Å². The molecule has 1 heterocycles. The molecule has 0 unspecified atom stereocenters. The van der Waals surface area contributed by atoms with Gasteiger partial charge in [-0.3, -0.25) is 9.59 Å². The SMILES string of the molecule is CC(=O)Nc1ccc2nc(NC(=O)CSc3ccc(F)cc3)sc2c1. The first-order chi connectivity index (χ1) is 12.0. The molecule has 0 saturated carbocycles. The van der Waals surface area contributed by atoms with Crippen molar-refractivity contribution in [2.75, 3.05) is 16.4 Å². The summed E-state index contributed by atoms with van der Waals surface area (Å²) in [5.41, 5.74) is 1.44. The number of nitrogens with zero attached hydrogens (tertiary/aromatic N) is 1. The smallest absolute Gasteiger partial charge is 0.236 e. The molecule has 2 aromatic carbocycles. The molecule has 0 fully saturated rings. The van der Waals surface area contributed by atoms with Crippen LogP contribution >= 0.6 is 23.1 Å². The standard InChI is InChI=1S/C17H14FN3O2S2/c1-10(22)19-12-4-7-14-15(8-12)25-17(20-14)21-16(23)9-24-13-5-2-11(18)3-6-13/h2-8H,9H2,1H3,(H,19,22)(H,20,21,23). The number of hydrogen-bond donors (Lipinski definition) is 2. The number of rotatable bonds is 5. The molecule has 8 heteroatoms. The lowest BCUT2D eigenvalue weighted by atomic mass is 10.3. The fourth-order valence-electron chi connectivity index (χ4n) is 2.09. The summed E-state index contributed by atoms with van der Waals surface area (Å²) in [5, 5.41) is 5.97. The number of thioether (sulfide) groups is 1. The Morgan fingerprint density at radius 3 is 2.64 bits per heavy atom. The van der Waals surface area contributed by atoms with E-state index in [0.29, 0.717) is 10.8 Å². The zero-order valence-corrected chi connectivity index (χ0v) is 14.8. The van der Waals surface area contributed by atoms with Crippen LogP contribution in [0.1, 0.15) is 6.92 Å². The van der Waals surface area contributed by atoms with Crippen molar-refractivity contribution >= 4 is 55.9 Å². The van der Waals surface area contributed by atoms with Gasteiger partial charge < -0.3 is 10.6 Å². The highest BCUT2D eigenvalue weighted by Crippen LogP contribution is 2.28. The Morgan fingerprint density at radius 2 is 1.92 bits per heavy atom. The van der Waals surface area contributed by atoms with Crippen molar-refractivity contribution in [3.8, 4) is 0 Å². The lowest BCUT2D eigenvalue weighted by Gasteiger charge is -2.02. The molecule has 1 aromatic heterocycles. The Hall–Kier alpha value is -2.45. The number of carbonyl (C=O) groups is 2. The summed E-state index contributed by atoms with van der Waals surface area (Å²) in [7, 11) is 0. The molecule has 0 aliphatic carbocycles. The van der Waals surface area contributed by atoms with Gasteiger partial charge in [-0.05, 0) is 42.5 Å². The summed E-state index contributed by atoms with van der Waals surface area (Å²) in [5.74, 6) is -0.425. The second kappa shape index (κ2) is 7.62. The summed E-state index contributed by atoms with van der Waals surface area (Å²) in [6.07, 6.45) is 0. The molecule has 0 aliphatic heterocycles. The molecule has 25 heavy (non-hydrogen) atoms. The van der Waals surface area contributed by atoms with Crippen LogP contribution in [-0.2, 0) is 9.59 Å². The highest BCUT2D eigenvalue weighted by atomic mass is 32.2. The number of hydrogen-bond acceptors (Lipinski definition) is 5. The zero-order chi connectivity index (χ0) is 17.8. The maximum Gasteiger partial charge on any atom is 0.236 e. The van der Waals surface area contributed by atoms with Gasteiger partial charge >= 0.3 is 0 Å². The Bertz CT molecular complexity index is 925. The fourth-order valence-corrected chi connectivity index (χ4v) is 3.71. The van der Waals surface area contributed by atoms with E-state index in [1.165, 1.54) is 42.2 Å². The first-order valence-electron chi connectivity index (χ1n) is 7.36. The minimum Gasteiger partial charge on any atom is -0.326 e. The van der Waals surface area contributed by atoms with Gasteiger partial charge in [0.1, 0.15) is 5.82 Å². The highest BCUT2D eigenvalue weighted by Gasteiger charge is 2.09. The van der Waals surface area contributed by atoms with Crippen LogP contribution in [0.3, 0.4) is 0 Å². The van der Waals surface area contributed by atoms with Crippen molar-refractivity contribution < 1.29 is 14.0 Å². The van der Waals surface area contributed by atoms with Crippen LogP contribution in [0.25, 0.3) is 10.2 Å². The second-order valence-electron chi connectivity index (χ2n) is 5.17. The molecule has 128 valence electrons. The van der Waals surface area contributed by atoms with E-state index >= 15 is 0 Å².